The van der Waals surface area contributed by atoms with E-state index in [1.807, 2.05) is 13.0 Å². The molecular formula is C17H27NO. The van der Waals surface area contributed by atoms with Crippen molar-refractivity contribution in [3.8, 4) is 5.75 Å². The van der Waals surface area contributed by atoms with Gasteiger partial charge in [-0.15, -0.1) is 0 Å². The Morgan fingerprint density at radius 1 is 1.26 bits per heavy atom. The van der Waals surface area contributed by atoms with Crippen LogP contribution in [-0.4, -0.2) is 12.6 Å². The second-order valence-electron chi connectivity index (χ2n) is 5.65. The summed E-state index contributed by atoms with van der Waals surface area (Å²) in [5.41, 5.74) is 1.31. The van der Waals surface area contributed by atoms with Crippen molar-refractivity contribution in [2.24, 2.45) is 5.92 Å². The third-order valence-corrected chi connectivity index (χ3v) is 4.19. The SMILES string of the molecule is CCOc1cccc(CN[C@@H](C)C2CCCCC2)c1. The molecule has 1 N–H and O–H groups in total. The van der Waals surface area contributed by atoms with Gasteiger partial charge in [0.15, 0.2) is 0 Å². The number of hydrogen-bond acceptors (Lipinski definition) is 2. The van der Waals surface area contributed by atoms with Crippen molar-refractivity contribution in [3.05, 3.63) is 29.8 Å². The van der Waals surface area contributed by atoms with Gasteiger partial charge in [-0.05, 0) is 50.3 Å². The maximum atomic E-state index is 5.54. The first kappa shape index (κ1) is 14.4. The van der Waals surface area contributed by atoms with E-state index in [0.717, 1.165) is 24.8 Å². The molecule has 2 nitrogen and oxygen atoms in total. The van der Waals surface area contributed by atoms with Crippen LogP contribution in [0.15, 0.2) is 24.3 Å². The smallest absolute Gasteiger partial charge is 0.119 e. The summed E-state index contributed by atoms with van der Waals surface area (Å²) in [6.07, 6.45) is 7.05. The average Bonchev–Trinajstić information content (AvgIpc) is 2.46. The van der Waals surface area contributed by atoms with Gasteiger partial charge in [-0.2, -0.15) is 0 Å². The number of rotatable bonds is 6. The third kappa shape index (κ3) is 4.54. The minimum Gasteiger partial charge on any atom is -0.494 e. The highest BCUT2D eigenvalue weighted by atomic mass is 16.5. The van der Waals surface area contributed by atoms with Gasteiger partial charge in [-0.3, -0.25) is 0 Å². The summed E-state index contributed by atoms with van der Waals surface area (Å²) in [5, 5.41) is 3.68. The van der Waals surface area contributed by atoms with Crippen molar-refractivity contribution in [1.29, 1.82) is 0 Å². The summed E-state index contributed by atoms with van der Waals surface area (Å²) in [6, 6.07) is 9.04. The summed E-state index contributed by atoms with van der Waals surface area (Å²) < 4.78 is 5.54. The zero-order valence-corrected chi connectivity index (χ0v) is 12.3. The first-order chi connectivity index (χ1) is 9.29. The Kier molecular flexibility index (Phi) is 5.71. The monoisotopic (exact) mass is 261 g/mol. The summed E-state index contributed by atoms with van der Waals surface area (Å²) in [6.45, 7) is 6.03. The van der Waals surface area contributed by atoms with Crippen LogP contribution in [0.25, 0.3) is 0 Å². The molecule has 19 heavy (non-hydrogen) atoms. The Hall–Kier alpha value is -1.02. The molecule has 0 amide bonds. The normalized spacial score (nSPS) is 18.2. The molecule has 0 aliphatic heterocycles. The lowest BCUT2D eigenvalue weighted by Crippen LogP contribution is -2.34. The van der Waals surface area contributed by atoms with E-state index in [1.54, 1.807) is 0 Å². The van der Waals surface area contributed by atoms with E-state index in [0.29, 0.717) is 6.04 Å². The van der Waals surface area contributed by atoms with Crippen LogP contribution < -0.4 is 10.1 Å². The summed E-state index contributed by atoms with van der Waals surface area (Å²) in [7, 11) is 0. The van der Waals surface area contributed by atoms with Crippen molar-refractivity contribution in [2.75, 3.05) is 6.61 Å². The number of hydrogen-bond donors (Lipinski definition) is 1. The molecule has 0 radical (unpaired) electrons. The predicted molar refractivity (Wildman–Crippen MR) is 80.5 cm³/mol. The third-order valence-electron chi connectivity index (χ3n) is 4.19. The lowest BCUT2D eigenvalue weighted by Gasteiger charge is -2.28. The van der Waals surface area contributed by atoms with Gasteiger partial charge >= 0.3 is 0 Å². The van der Waals surface area contributed by atoms with Crippen LogP contribution >= 0.6 is 0 Å². The van der Waals surface area contributed by atoms with Crippen molar-refractivity contribution >= 4 is 0 Å². The molecule has 1 aliphatic rings. The summed E-state index contributed by atoms with van der Waals surface area (Å²) in [4.78, 5) is 0. The van der Waals surface area contributed by atoms with Crippen LogP contribution in [0.5, 0.6) is 5.75 Å². The van der Waals surface area contributed by atoms with Crippen LogP contribution in [0.3, 0.4) is 0 Å². The average molecular weight is 261 g/mol. The summed E-state index contributed by atoms with van der Waals surface area (Å²) in [5.74, 6) is 1.84. The van der Waals surface area contributed by atoms with Crippen molar-refractivity contribution < 1.29 is 4.74 Å². The van der Waals surface area contributed by atoms with Crippen LogP contribution in [0, 0.1) is 5.92 Å². The molecule has 1 atom stereocenters. The molecule has 0 heterocycles. The van der Waals surface area contributed by atoms with Gasteiger partial charge in [0.05, 0.1) is 6.61 Å². The van der Waals surface area contributed by atoms with Crippen LogP contribution in [0.1, 0.15) is 51.5 Å². The van der Waals surface area contributed by atoms with Gasteiger partial charge < -0.3 is 10.1 Å². The molecule has 1 saturated carbocycles. The van der Waals surface area contributed by atoms with E-state index in [9.17, 15) is 0 Å². The maximum absolute atomic E-state index is 5.54. The zero-order valence-electron chi connectivity index (χ0n) is 12.3. The molecular weight excluding hydrogens is 234 g/mol. The van der Waals surface area contributed by atoms with Gasteiger partial charge in [0.1, 0.15) is 5.75 Å². The molecule has 2 heteroatoms. The number of nitrogens with one attached hydrogen (secondary N) is 1. The van der Waals surface area contributed by atoms with E-state index in [2.05, 4.69) is 30.4 Å². The number of benzene rings is 1. The van der Waals surface area contributed by atoms with Gasteiger partial charge in [0.25, 0.3) is 0 Å². The highest BCUT2D eigenvalue weighted by Crippen LogP contribution is 2.26. The van der Waals surface area contributed by atoms with Crippen LogP contribution in [-0.2, 0) is 6.54 Å². The van der Waals surface area contributed by atoms with Gasteiger partial charge in [-0.1, -0.05) is 31.4 Å². The summed E-state index contributed by atoms with van der Waals surface area (Å²) >= 11 is 0. The fourth-order valence-corrected chi connectivity index (χ4v) is 2.99. The number of ether oxygens (including phenoxy) is 1. The lowest BCUT2D eigenvalue weighted by atomic mass is 9.84. The van der Waals surface area contributed by atoms with E-state index >= 15 is 0 Å². The largest absolute Gasteiger partial charge is 0.494 e. The molecule has 1 fully saturated rings. The topological polar surface area (TPSA) is 21.3 Å². The Morgan fingerprint density at radius 2 is 2.05 bits per heavy atom. The Morgan fingerprint density at radius 3 is 2.79 bits per heavy atom. The fraction of sp³-hybridized carbons (Fsp3) is 0.647. The molecule has 0 aromatic heterocycles. The van der Waals surface area contributed by atoms with E-state index in [4.69, 9.17) is 4.74 Å². The van der Waals surface area contributed by atoms with Gasteiger partial charge in [0.2, 0.25) is 0 Å². The second-order valence-corrected chi connectivity index (χ2v) is 5.65. The fourth-order valence-electron chi connectivity index (χ4n) is 2.99. The minimum absolute atomic E-state index is 0.621. The molecule has 1 aliphatic carbocycles. The molecule has 1 aromatic carbocycles. The standard InChI is InChI=1S/C17H27NO/c1-3-19-17-11-7-8-15(12-17)13-18-14(2)16-9-5-4-6-10-16/h7-8,11-12,14,16,18H,3-6,9-10,13H2,1-2H3/t14-/m0/s1. The van der Waals surface area contributed by atoms with Gasteiger partial charge in [0, 0.05) is 12.6 Å². The second kappa shape index (κ2) is 7.54. The predicted octanol–water partition coefficient (Wildman–Crippen LogP) is 4.14. The molecule has 2 rings (SSSR count). The first-order valence-corrected chi connectivity index (χ1v) is 7.74. The quantitative estimate of drug-likeness (QED) is 0.831. The van der Waals surface area contributed by atoms with E-state index < -0.39 is 0 Å². The van der Waals surface area contributed by atoms with Crippen LogP contribution in [0.2, 0.25) is 0 Å². The first-order valence-electron chi connectivity index (χ1n) is 7.74. The lowest BCUT2D eigenvalue weighted by molar-refractivity contribution is 0.280. The molecule has 0 spiro atoms. The van der Waals surface area contributed by atoms with Crippen molar-refractivity contribution in [3.63, 3.8) is 0 Å². The van der Waals surface area contributed by atoms with E-state index in [1.165, 1.54) is 37.7 Å². The van der Waals surface area contributed by atoms with Crippen LogP contribution in [0.4, 0.5) is 0 Å². The molecule has 0 saturated heterocycles. The highest BCUT2D eigenvalue weighted by molar-refractivity contribution is 5.28. The molecule has 1 aromatic rings. The highest BCUT2D eigenvalue weighted by Gasteiger charge is 2.19. The van der Waals surface area contributed by atoms with Gasteiger partial charge in [-0.25, -0.2) is 0 Å². The zero-order chi connectivity index (χ0) is 13.5. The Bertz CT molecular complexity index is 371. The molecule has 0 unspecified atom stereocenters. The van der Waals surface area contributed by atoms with Crippen molar-refractivity contribution in [2.45, 2.75) is 58.5 Å². The van der Waals surface area contributed by atoms with Crippen molar-refractivity contribution in [1.82, 2.24) is 5.32 Å². The molecule has 0 bridgehead atoms. The Balaban J connectivity index is 1.82. The minimum atomic E-state index is 0.621. The maximum Gasteiger partial charge on any atom is 0.119 e. The van der Waals surface area contributed by atoms with E-state index in [-0.39, 0.29) is 0 Å². The molecule has 106 valence electrons. The Labute approximate surface area is 117 Å².